The monoisotopic (exact) mass is 282 g/mol. The third-order valence-electron chi connectivity index (χ3n) is 2.57. The molecule has 1 aromatic rings. The smallest absolute Gasteiger partial charge is 0.329 e. The minimum absolute atomic E-state index is 0.1000. The number of hydrogen-bond donors (Lipinski definition) is 1. The second kappa shape index (κ2) is 6.07. The summed E-state index contributed by atoms with van der Waals surface area (Å²) in [6, 6.07) is -0.730. The molecule has 1 aromatic heterocycles. The van der Waals surface area contributed by atoms with Crippen molar-refractivity contribution in [2.45, 2.75) is 53.2 Å². The zero-order valence-corrected chi connectivity index (χ0v) is 12.8. The summed E-state index contributed by atoms with van der Waals surface area (Å²) in [5, 5.41) is 6.18. The number of nitrogens with one attached hydrogen (secondary N) is 1. The first-order valence-corrected chi connectivity index (χ1v) is 6.57. The minimum atomic E-state index is -0.730. The van der Waals surface area contributed by atoms with E-state index in [-0.39, 0.29) is 11.7 Å². The number of ether oxygens (including phenoxy) is 1. The van der Waals surface area contributed by atoms with Gasteiger partial charge in [0.25, 0.3) is 5.91 Å². The van der Waals surface area contributed by atoms with Crippen LogP contribution in [0.4, 0.5) is 0 Å². The molecule has 0 unspecified atom stereocenters. The first-order valence-electron chi connectivity index (χ1n) is 6.57. The molecule has 1 N–H and O–H groups in total. The van der Waals surface area contributed by atoms with Gasteiger partial charge in [0.1, 0.15) is 11.6 Å². The number of carbonyl (C=O) groups excluding carboxylic acids is 2. The first-order chi connectivity index (χ1) is 9.11. The zero-order valence-electron chi connectivity index (χ0n) is 12.8. The van der Waals surface area contributed by atoms with Crippen LogP contribution >= 0.6 is 0 Å². The van der Waals surface area contributed by atoms with Crippen molar-refractivity contribution in [2.75, 3.05) is 0 Å². The Labute approximate surface area is 118 Å². The lowest BCUT2D eigenvalue weighted by atomic mass is 10.0. The molecule has 6 heteroatoms. The molecule has 0 aromatic carbocycles. The van der Waals surface area contributed by atoms with Gasteiger partial charge in [0.05, 0.1) is 6.20 Å². The molecule has 1 heterocycles. The highest BCUT2D eigenvalue weighted by atomic mass is 16.6. The van der Waals surface area contributed by atoms with Gasteiger partial charge in [-0.1, -0.05) is 19.0 Å². The van der Waals surface area contributed by atoms with E-state index >= 15 is 0 Å². The van der Waals surface area contributed by atoms with Crippen LogP contribution in [0.2, 0.25) is 0 Å². The Hall–Kier alpha value is -1.85. The normalized spacial score (nSPS) is 13.2. The van der Waals surface area contributed by atoms with Gasteiger partial charge in [-0.15, -0.1) is 0 Å². The van der Waals surface area contributed by atoms with Crippen LogP contribution in [0.3, 0.4) is 0 Å². The SMILES string of the molecule is Cc1cnoc1C(=O)N[C@H](C(=O)OC(C)(C)C)C(C)C. The molecule has 0 aliphatic rings. The molecule has 0 fully saturated rings. The van der Waals surface area contributed by atoms with Gasteiger partial charge < -0.3 is 14.6 Å². The molecule has 112 valence electrons. The van der Waals surface area contributed by atoms with E-state index in [2.05, 4.69) is 10.5 Å². The Bertz CT molecular complexity index is 486. The summed E-state index contributed by atoms with van der Waals surface area (Å²) in [7, 11) is 0. The summed E-state index contributed by atoms with van der Waals surface area (Å²) in [6.45, 7) is 10.7. The molecule has 0 radical (unpaired) electrons. The molecule has 0 aliphatic heterocycles. The highest BCUT2D eigenvalue weighted by Crippen LogP contribution is 2.14. The summed E-state index contributed by atoms with van der Waals surface area (Å²) in [4.78, 5) is 24.2. The molecular formula is C14H22N2O4. The van der Waals surface area contributed by atoms with Gasteiger partial charge in [-0.25, -0.2) is 4.79 Å². The molecule has 0 spiro atoms. The number of aryl methyl sites for hydroxylation is 1. The van der Waals surface area contributed by atoms with Crippen molar-refractivity contribution in [2.24, 2.45) is 5.92 Å². The zero-order chi connectivity index (χ0) is 15.5. The van der Waals surface area contributed by atoms with Gasteiger partial charge in [0.2, 0.25) is 5.76 Å². The Balaban J connectivity index is 2.81. The standard InChI is InChI=1S/C14H22N2O4/c1-8(2)10(13(18)19-14(4,5)6)16-12(17)11-9(3)7-15-20-11/h7-8,10H,1-6H3,(H,16,17)/t10-/m0/s1. The van der Waals surface area contributed by atoms with Crippen molar-refractivity contribution >= 4 is 11.9 Å². The van der Waals surface area contributed by atoms with Gasteiger partial charge in [-0.05, 0) is 33.6 Å². The fourth-order valence-corrected chi connectivity index (χ4v) is 1.58. The van der Waals surface area contributed by atoms with Crippen LogP contribution in [0, 0.1) is 12.8 Å². The van der Waals surface area contributed by atoms with E-state index in [9.17, 15) is 9.59 Å². The largest absolute Gasteiger partial charge is 0.458 e. The lowest BCUT2D eigenvalue weighted by Gasteiger charge is -2.26. The van der Waals surface area contributed by atoms with E-state index in [0.717, 1.165) is 0 Å². The molecule has 1 rings (SSSR count). The van der Waals surface area contributed by atoms with Crippen molar-refractivity contribution in [3.63, 3.8) is 0 Å². The number of nitrogens with zero attached hydrogens (tertiary/aromatic N) is 1. The lowest BCUT2D eigenvalue weighted by Crippen LogP contribution is -2.47. The highest BCUT2D eigenvalue weighted by molar-refractivity contribution is 5.95. The topological polar surface area (TPSA) is 81.4 Å². The Morgan fingerprint density at radius 2 is 1.95 bits per heavy atom. The second-order valence-electron chi connectivity index (χ2n) is 6.07. The average molecular weight is 282 g/mol. The summed E-state index contributed by atoms with van der Waals surface area (Å²) >= 11 is 0. The van der Waals surface area contributed by atoms with E-state index in [1.54, 1.807) is 27.7 Å². The van der Waals surface area contributed by atoms with Crippen molar-refractivity contribution in [1.82, 2.24) is 10.5 Å². The Morgan fingerprint density at radius 1 is 1.35 bits per heavy atom. The maximum absolute atomic E-state index is 12.1. The van der Waals surface area contributed by atoms with Crippen molar-refractivity contribution in [3.8, 4) is 0 Å². The molecule has 20 heavy (non-hydrogen) atoms. The summed E-state index contributed by atoms with van der Waals surface area (Å²) in [5.74, 6) is -0.918. The summed E-state index contributed by atoms with van der Waals surface area (Å²) < 4.78 is 10.2. The fourth-order valence-electron chi connectivity index (χ4n) is 1.58. The van der Waals surface area contributed by atoms with Crippen LogP contribution in [-0.4, -0.2) is 28.7 Å². The van der Waals surface area contributed by atoms with E-state index in [1.165, 1.54) is 6.20 Å². The Kier molecular flexibility index (Phi) is 4.92. The van der Waals surface area contributed by atoms with Gasteiger partial charge in [0, 0.05) is 5.56 Å². The minimum Gasteiger partial charge on any atom is -0.458 e. The van der Waals surface area contributed by atoms with Gasteiger partial charge in [-0.2, -0.15) is 0 Å². The molecule has 1 amide bonds. The number of carbonyl (C=O) groups is 2. The van der Waals surface area contributed by atoms with Crippen molar-refractivity contribution < 1.29 is 18.8 Å². The molecule has 0 saturated carbocycles. The number of rotatable bonds is 4. The number of hydrogen-bond acceptors (Lipinski definition) is 5. The van der Waals surface area contributed by atoms with E-state index in [4.69, 9.17) is 9.26 Å². The maximum Gasteiger partial charge on any atom is 0.329 e. The molecular weight excluding hydrogens is 260 g/mol. The fraction of sp³-hybridized carbons (Fsp3) is 0.643. The van der Waals surface area contributed by atoms with Crippen LogP contribution in [0.1, 0.15) is 50.7 Å². The van der Waals surface area contributed by atoms with Gasteiger partial charge in [0.15, 0.2) is 0 Å². The van der Waals surface area contributed by atoms with Crippen LogP contribution < -0.4 is 5.32 Å². The Morgan fingerprint density at radius 3 is 2.35 bits per heavy atom. The number of esters is 1. The predicted molar refractivity (Wildman–Crippen MR) is 73.2 cm³/mol. The van der Waals surface area contributed by atoms with Crippen LogP contribution in [0.25, 0.3) is 0 Å². The van der Waals surface area contributed by atoms with Crippen LogP contribution in [0.15, 0.2) is 10.7 Å². The van der Waals surface area contributed by atoms with E-state index < -0.39 is 23.5 Å². The summed E-state index contributed by atoms with van der Waals surface area (Å²) in [6.07, 6.45) is 1.45. The molecule has 1 atom stereocenters. The first kappa shape index (κ1) is 16.2. The molecule has 0 aliphatic carbocycles. The quantitative estimate of drug-likeness (QED) is 0.855. The third-order valence-corrected chi connectivity index (χ3v) is 2.57. The number of aromatic nitrogens is 1. The molecule has 0 bridgehead atoms. The maximum atomic E-state index is 12.1. The van der Waals surface area contributed by atoms with Crippen molar-refractivity contribution in [3.05, 3.63) is 17.5 Å². The van der Waals surface area contributed by atoms with E-state index in [0.29, 0.717) is 5.56 Å². The molecule has 0 saturated heterocycles. The van der Waals surface area contributed by atoms with Crippen molar-refractivity contribution in [1.29, 1.82) is 0 Å². The van der Waals surface area contributed by atoms with Crippen LogP contribution in [0.5, 0.6) is 0 Å². The predicted octanol–water partition coefficient (Wildman–Crippen LogP) is 2.08. The average Bonchev–Trinajstić information content (AvgIpc) is 2.69. The third kappa shape index (κ3) is 4.36. The highest BCUT2D eigenvalue weighted by Gasteiger charge is 2.30. The van der Waals surface area contributed by atoms with E-state index in [1.807, 2.05) is 13.8 Å². The molecule has 6 nitrogen and oxygen atoms in total. The van der Waals surface area contributed by atoms with Crippen LogP contribution in [-0.2, 0) is 9.53 Å². The van der Waals surface area contributed by atoms with Gasteiger partial charge in [-0.3, -0.25) is 4.79 Å². The summed E-state index contributed by atoms with van der Waals surface area (Å²) in [5.41, 5.74) is 0.0195. The lowest BCUT2D eigenvalue weighted by molar-refractivity contribution is -0.158. The second-order valence-corrected chi connectivity index (χ2v) is 6.07. The number of amides is 1. The van der Waals surface area contributed by atoms with Gasteiger partial charge >= 0.3 is 5.97 Å².